The van der Waals surface area contributed by atoms with Gasteiger partial charge in [-0.25, -0.2) is 9.67 Å². The monoisotopic (exact) mass is 289 g/mol. The third-order valence-electron chi connectivity index (χ3n) is 2.18. The number of halogens is 4. The highest BCUT2D eigenvalue weighted by Crippen LogP contribution is 2.19. The fourth-order valence-electron chi connectivity index (χ4n) is 1.42. The lowest BCUT2D eigenvalue weighted by molar-refractivity contribution is -0.143. The molecule has 0 unspecified atom stereocenters. The Morgan fingerprint density at radius 3 is 2.68 bits per heavy atom. The van der Waals surface area contributed by atoms with E-state index in [-0.39, 0.29) is 5.82 Å². The van der Waals surface area contributed by atoms with Gasteiger partial charge in [0.05, 0.1) is 6.20 Å². The maximum absolute atomic E-state index is 12.3. The second-order valence-electron chi connectivity index (χ2n) is 3.70. The van der Waals surface area contributed by atoms with Crippen molar-refractivity contribution in [3.8, 4) is 11.4 Å². The van der Waals surface area contributed by atoms with E-state index in [4.69, 9.17) is 11.6 Å². The van der Waals surface area contributed by atoms with Crippen LogP contribution in [0.25, 0.3) is 11.4 Å². The number of hydrogen-bond acceptors (Lipinski definition) is 3. The van der Waals surface area contributed by atoms with E-state index in [1.54, 1.807) is 18.2 Å². The van der Waals surface area contributed by atoms with Gasteiger partial charge in [-0.2, -0.15) is 13.2 Å². The molecule has 0 aliphatic carbocycles. The summed E-state index contributed by atoms with van der Waals surface area (Å²) in [5, 5.41) is 3.98. The van der Waals surface area contributed by atoms with E-state index < -0.39 is 18.3 Å². The first kappa shape index (κ1) is 13.5. The first-order valence-corrected chi connectivity index (χ1v) is 5.50. The first-order valence-electron chi connectivity index (χ1n) is 5.12. The number of benzene rings is 1. The topological polar surface area (TPSA) is 47.8 Å². The molecule has 1 heterocycles. The van der Waals surface area contributed by atoms with Gasteiger partial charge in [-0.15, -0.1) is 5.10 Å². The van der Waals surface area contributed by atoms with Gasteiger partial charge >= 0.3 is 6.18 Å². The zero-order valence-electron chi connectivity index (χ0n) is 9.36. The van der Waals surface area contributed by atoms with E-state index in [0.29, 0.717) is 15.3 Å². The second kappa shape index (κ2) is 5.00. The maximum atomic E-state index is 12.3. The molecule has 100 valence electrons. The van der Waals surface area contributed by atoms with Crippen LogP contribution in [-0.4, -0.2) is 20.9 Å². The van der Waals surface area contributed by atoms with Crippen LogP contribution in [0.3, 0.4) is 0 Å². The molecule has 0 spiro atoms. The predicted octanol–water partition coefficient (Wildman–Crippen LogP) is 2.52. The average molecular weight is 290 g/mol. The molecule has 0 aliphatic heterocycles. The Morgan fingerprint density at radius 1 is 1.32 bits per heavy atom. The number of alkyl halides is 3. The number of hydrogen-bond donors (Lipinski definition) is 0. The van der Waals surface area contributed by atoms with Gasteiger partial charge in [0.2, 0.25) is 0 Å². The number of nitrogens with zero attached hydrogens (tertiary/aromatic N) is 3. The molecule has 0 amide bonds. The van der Waals surface area contributed by atoms with Crippen LogP contribution in [0.5, 0.6) is 0 Å². The molecule has 1 aromatic heterocycles. The van der Waals surface area contributed by atoms with Gasteiger partial charge < -0.3 is 0 Å². The summed E-state index contributed by atoms with van der Waals surface area (Å²) >= 11 is 5.77. The van der Waals surface area contributed by atoms with Crippen molar-refractivity contribution in [3.63, 3.8) is 0 Å². The minimum atomic E-state index is -4.52. The fourth-order valence-corrected chi connectivity index (χ4v) is 1.61. The SMILES string of the molecule is O=c1cnc(-c2cccc(Cl)c2)nn1CC(F)(F)F. The normalized spacial score (nSPS) is 11.6. The Morgan fingerprint density at radius 2 is 2.05 bits per heavy atom. The molecule has 2 aromatic rings. The molecule has 0 saturated heterocycles. The zero-order valence-corrected chi connectivity index (χ0v) is 10.1. The zero-order chi connectivity index (χ0) is 14.0. The predicted molar refractivity (Wildman–Crippen MR) is 62.8 cm³/mol. The molecule has 4 nitrogen and oxygen atoms in total. The summed E-state index contributed by atoms with van der Waals surface area (Å²) < 4.78 is 37.2. The van der Waals surface area contributed by atoms with E-state index in [2.05, 4.69) is 10.1 Å². The molecule has 2 rings (SSSR count). The van der Waals surface area contributed by atoms with Crippen molar-refractivity contribution >= 4 is 11.6 Å². The molecule has 8 heteroatoms. The number of rotatable bonds is 2. The summed E-state index contributed by atoms with van der Waals surface area (Å²) in [5.74, 6) is 0.00588. The third kappa shape index (κ3) is 3.54. The molecule has 1 aromatic carbocycles. The quantitative estimate of drug-likeness (QED) is 0.853. The first-order chi connectivity index (χ1) is 8.85. The summed E-state index contributed by atoms with van der Waals surface area (Å²) in [7, 11) is 0. The summed E-state index contributed by atoms with van der Waals surface area (Å²) in [5.41, 5.74) is -0.480. The van der Waals surface area contributed by atoms with Gasteiger partial charge in [0.1, 0.15) is 6.54 Å². The molecular weight excluding hydrogens is 283 g/mol. The Kier molecular flexibility index (Phi) is 3.57. The summed E-state index contributed by atoms with van der Waals surface area (Å²) in [6.45, 7) is -1.46. The van der Waals surface area contributed by atoms with Crippen LogP contribution >= 0.6 is 11.6 Å². The fraction of sp³-hybridized carbons (Fsp3) is 0.182. The minimum Gasteiger partial charge on any atom is -0.266 e. The number of aromatic nitrogens is 3. The molecular formula is C11H7ClF3N3O. The van der Waals surface area contributed by atoms with Crippen LogP contribution in [0.1, 0.15) is 0 Å². The van der Waals surface area contributed by atoms with E-state index in [1.807, 2.05) is 0 Å². The van der Waals surface area contributed by atoms with E-state index in [1.165, 1.54) is 6.07 Å². The Labute approximate surface area is 110 Å². The molecule has 0 atom stereocenters. The summed E-state index contributed by atoms with van der Waals surface area (Å²) in [6.07, 6.45) is -3.72. The van der Waals surface area contributed by atoms with Crippen molar-refractivity contribution < 1.29 is 13.2 Å². The largest absolute Gasteiger partial charge is 0.408 e. The van der Waals surface area contributed by atoms with Crippen LogP contribution in [0, 0.1) is 0 Å². The average Bonchev–Trinajstić information content (AvgIpc) is 2.30. The molecule has 0 bridgehead atoms. The Balaban J connectivity index is 2.44. The Hall–Kier alpha value is -1.89. The van der Waals surface area contributed by atoms with E-state index in [9.17, 15) is 18.0 Å². The van der Waals surface area contributed by atoms with Crippen LogP contribution in [0.4, 0.5) is 13.2 Å². The van der Waals surface area contributed by atoms with Gasteiger partial charge in [-0.1, -0.05) is 23.7 Å². The van der Waals surface area contributed by atoms with E-state index >= 15 is 0 Å². The van der Waals surface area contributed by atoms with Crippen molar-refractivity contribution in [2.24, 2.45) is 0 Å². The second-order valence-corrected chi connectivity index (χ2v) is 4.14. The molecule has 19 heavy (non-hydrogen) atoms. The van der Waals surface area contributed by atoms with Gasteiger partial charge in [-0.3, -0.25) is 4.79 Å². The van der Waals surface area contributed by atoms with Crippen LogP contribution in [-0.2, 0) is 6.54 Å². The van der Waals surface area contributed by atoms with Crippen molar-refractivity contribution in [2.45, 2.75) is 12.7 Å². The molecule has 0 aliphatic rings. The van der Waals surface area contributed by atoms with Crippen LogP contribution in [0.15, 0.2) is 35.3 Å². The smallest absolute Gasteiger partial charge is 0.266 e. The van der Waals surface area contributed by atoms with Crippen molar-refractivity contribution in [2.75, 3.05) is 0 Å². The highest BCUT2D eigenvalue weighted by Gasteiger charge is 2.29. The lowest BCUT2D eigenvalue weighted by atomic mass is 10.2. The van der Waals surface area contributed by atoms with Gasteiger partial charge in [0.25, 0.3) is 5.56 Å². The molecule has 0 N–H and O–H groups in total. The van der Waals surface area contributed by atoms with E-state index in [0.717, 1.165) is 6.20 Å². The van der Waals surface area contributed by atoms with Gasteiger partial charge in [-0.05, 0) is 12.1 Å². The molecule has 0 radical (unpaired) electrons. The minimum absolute atomic E-state index is 0.00588. The van der Waals surface area contributed by atoms with Gasteiger partial charge in [0, 0.05) is 10.6 Å². The molecule has 0 saturated carbocycles. The highest BCUT2D eigenvalue weighted by atomic mass is 35.5. The summed E-state index contributed by atoms with van der Waals surface area (Å²) in [6, 6.07) is 6.31. The molecule has 0 fully saturated rings. The summed E-state index contributed by atoms with van der Waals surface area (Å²) in [4.78, 5) is 15.0. The van der Waals surface area contributed by atoms with Crippen LogP contribution in [0.2, 0.25) is 5.02 Å². The standard InChI is InChI=1S/C11H7ClF3N3O/c12-8-3-1-2-7(4-8)10-16-5-9(19)18(17-10)6-11(13,14)15/h1-5H,6H2. The van der Waals surface area contributed by atoms with Gasteiger partial charge in [0.15, 0.2) is 5.82 Å². The van der Waals surface area contributed by atoms with Crippen molar-refractivity contribution in [1.82, 2.24) is 14.8 Å². The van der Waals surface area contributed by atoms with Crippen LogP contribution < -0.4 is 5.56 Å². The highest BCUT2D eigenvalue weighted by molar-refractivity contribution is 6.30. The lowest BCUT2D eigenvalue weighted by Crippen LogP contribution is -2.30. The van der Waals surface area contributed by atoms with Crippen molar-refractivity contribution in [1.29, 1.82) is 0 Å². The third-order valence-corrected chi connectivity index (χ3v) is 2.41. The Bertz CT molecular complexity index is 654. The maximum Gasteiger partial charge on any atom is 0.408 e. The van der Waals surface area contributed by atoms with Crippen molar-refractivity contribution in [3.05, 3.63) is 45.8 Å². The lowest BCUT2D eigenvalue weighted by Gasteiger charge is -2.09.